The Hall–Kier alpha value is -0.450. The summed E-state index contributed by atoms with van der Waals surface area (Å²) in [6, 6.07) is 5.13. The second-order valence-corrected chi connectivity index (χ2v) is 7.04. The number of rotatable bonds is 4. The number of benzene rings is 1. The largest absolute Gasteiger partial charge is 0.389 e. The van der Waals surface area contributed by atoms with Crippen LogP contribution in [0.15, 0.2) is 22.7 Å². The van der Waals surface area contributed by atoms with Crippen molar-refractivity contribution in [3.63, 3.8) is 0 Å². The van der Waals surface area contributed by atoms with Gasteiger partial charge in [0.2, 0.25) is 0 Å². The van der Waals surface area contributed by atoms with E-state index in [2.05, 4.69) is 28.2 Å². The predicted octanol–water partition coefficient (Wildman–Crippen LogP) is 4.18. The molecular weight excluding hydrogens is 321 g/mol. The van der Waals surface area contributed by atoms with Gasteiger partial charge in [0.05, 0.1) is 10.1 Å². The molecule has 1 unspecified atom stereocenters. The van der Waals surface area contributed by atoms with Crippen molar-refractivity contribution >= 4 is 15.9 Å². The summed E-state index contributed by atoms with van der Waals surface area (Å²) in [5, 5.41) is 13.9. The highest BCUT2D eigenvalue weighted by atomic mass is 79.9. The van der Waals surface area contributed by atoms with Gasteiger partial charge in [-0.1, -0.05) is 13.0 Å². The minimum absolute atomic E-state index is 0.0928. The molecule has 0 spiro atoms. The third kappa shape index (κ3) is 4.03. The third-order valence-electron chi connectivity index (χ3n) is 4.39. The van der Waals surface area contributed by atoms with E-state index in [1.54, 1.807) is 12.1 Å². The molecule has 1 aliphatic rings. The van der Waals surface area contributed by atoms with E-state index < -0.39 is 5.60 Å². The molecule has 1 atom stereocenters. The first-order valence-corrected chi connectivity index (χ1v) is 8.10. The molecule has 1 fully saturated rings. The maximum atomic E-state index is 13.2. The van der Waals surface area contributed by atoms with Crippen LogP contribution in [0.4, 0.5) is 4.39 Å². The van der Waals surface area contributed by atoms with Crippen molar-refractivity contribution in [2.45, 2.75) is 51.2 Å². The molecule has 0 aromatic heterocycles. The molecule has 0 saturated heterocycles. The van der Waals surface area contributed by atoms with Gasteiger partial charge in [-0.3, -0.25) is 0 Å². The molecule has 2 nitrogen and oxygen atoms in total. The SMILES string of the molecule is CC1CCC(O)(CNC(C)c2ccc(F)c(Br)c2)CC1. The molecule has 20 heavy (non-hydrogen) atoms. The molecule has 0 amide bonds. The van der Waals surface area contributed by atoms with Crippen LogP contribution >= 0.6 is 15.9 Å². The highest BCUT2D eigenvalue weighted by molar-refractivity contribution is 9.10. The maximum absolute atomic E-state index is 13.2. The molecule has 1 saturated carbocycles. The number of aliphatic hydroxyl groups is 1. The number of hydrogen-bond donors (Lipinski definition) is 2. The van der Waals surface area contributed by atoms with Crippen LogP contribution in [-0.2, 0) is 0 Å². The number of hydrogen-bond acceptors (Lipinski definition) is 2. The fourth-order valence-electron chi connectivity index (χ4n) is 2.72. The number of halogens is 2. The summed E-state index contributed by atoms with van der Waals surface area (Å²) in [6.07, 6.45) is 3.91. The second kappa shape index (κ2) is 6.54. The Morgan fingerprint density at radius 3 is 2.70 bits per heavy atom. The number of nitrogens with one attached hydrogen (secondary N) is 1. The van der Waals surface area contributed by atoms with E-state index in [1.807, 2.05) is 6.92 Å². The first-order valence-electron chi connectivity index (χ1n) is 7.30. The molecule has 0 heterocycles. The van der Waals surface area contributed by atoms with Gasteiger partial charge < -0.3 is 10.4 Å². The summed E-state index contributed by atoms with van der Waals surface area (Å²) >= 11 is 3.21. The van der Waals surface area contributed by atoms with E-state index >= 15 is 0 Å². The Balaban J connectivity index is 1.91. The van der Waals surface area contributed by atoms with Crippen LogP contribution in [-0.4, -0.2) is 17.3 Å². The highest BCUT2D eigenvalue weighted by Gasteiger charge is 2.31. The van der Waals surface area contributed by atoms with Gasteiger partial charge in [-0.05, 0) is 72.2 Å². The molecular formula is C16H23BrFNO. The molecule has 0 radical (unpaired) electrons. The Bertz CT molecular complexity index is 458. The minimum Gasteiger partial charge on any atom is -0.389 e. The zero-order chi connectivity index (χ0) is 14.8. The fraction of sp³-hybridized carbons (Fsp3) is 0.625. The zero-order valence-electron chi connectivity index (χ0n) is 12.1. The van der Waals surface area contributed by atoms with Gasteiger partial charge in [0.1, 0.15) is 5.82 Å². The van der Waals surface area contributed by atoms with E-state index in [0.29, 0.717) is 11.0 Å². The molecule has 0 aliphatic heterocycles. The summed E-state index contributed by atoms with van der Waals surface area (Å²) in [4.78, 5) is 0. The smallest absolute Gasteiger partial charge is 0.137 e. The lowest BCUT2D eigenvalue weighted by molar-refractivity contribution is -0.00784. The predicted molar refractivity (Wildman–Crippen MR) is 83.1 cm³/mol. The summed E-state index contributed by atoms with van der Waals surface area (Å²) in [6.45, 7) is 4.87. The van der Waals surface area contributed by atoms with Crippen molar-refractivity contribution in [1.82, 2.24) is 5.32 Å². The molecule has 4 heteroatoms. The van der Waals surface area contributed by atoms with Crippen LogP contribution in [0.5, 0.6) is 0 Å². The quantitative estimate of drug-likeness (QED) is 0.859. The highest BCUT2D eigenvalue weighted by Crippen LogP contribution is 2.32. The monoisotopic (exact) mass is 343 g/mol. The van der Waals surface area contributed by atoms with Crippen LogP contribution in [0.1, 0.15) is 51.1 Å². The van der Waals surface area contributed by atoms with E-state index in [0.717, 1.165) is 37.2 Å². The van der Waals surface area contributed by atoms with Gasteiger partial charge in [0.25, 0.3) is 0 Å². The van der Waals surface area contributed by atoms with Crippen molar-refractivity contribution in [2.24, 2.45) is 5.92 Å². The Morgan fingerprint density at radius 1 is 1.45 bits per heavy atom. The van der Waals surface area contributed by atoms with Gasteiger partial charge in [0, 0.05) is 12.6 Å². The van der Waals surface area contributed by atoms with Crippen molar-refractivity contribution in [3.05, 3.63) is 34.1 Å². The van der Waals surface area contributed by atoms with E-state index in [-0.39, 0.29) is 11.9 Å². The minimum atomic E-state index is -0.585. The Morgan fingerprint density at radius 2 is 2.10 bits per heavy atom. The van der Waals surface area contributed by atoms with Gasteiger partial charge in [-0.15, -0.1) is 0 Å². The molecule has 2 rings (SSSR count). The van der Waals surface area contributed by atoms with Gasteiger partial charge in [0.15, 0.2) is 0 Å². The fourth-order valence-corrected chi connectivity index (χ4v) is 3.12. The normalized spacial score (nSPS) is 28.4. The van der Waals surface area contributed by atoms with Crippen LogP contribution in [0, 0.1) is 11.7 Å². The summed E-state index contributed by atoms with van der Waals surface area (Å²) in [5.41, 5.74) is 0.434. The first-order chi connectivity index (χ1) is 9.39. The summed E-state index contributed by atoms with van der Waals surface area (Å²) in [7, 11) is 0. The van der Waals surface area contributed by atoms with Gasteiger partial charge in [-0.2, -0.15) is 0 Å². The van der Waals surface area contributed by atoms with E-state index in [4.69, 9.17) is 0 Å². The van der Waals surface area contributed by atoms with Crippen LogP contribution < -0.4 is 5.32 Å². The maximum Gasteiger partial charge on any atom is 0.137 e. The van der Waals surface area contributed by atoms with E-state index in [1.165, 1.54) is 6.07 Å². The molecule has 0 bridgehead atoms. The molecule has 1 aliphatic carbocycles. The van der Waals surface area contributed by atoms with Crippen molar-refractivity contribution in [2.75, 3.05) is 6.54 Å². The van der Waals surface area contributed by atoms with Gasteiger partial charge >= 0.3 is 0 Å². The summed E-state index contributed by atoms with van der Waals surface area (Å²) in [5.74, 6) is 0.474. The van der Waals surface area contributed by atoms with Crippen molar-refractivity contribution in [1.29, 1.82) is 0 Å². The van der Waals surface area contributed by atoms with Crippen molar-refractivity contribution < 1.29 is 9.50 Å². The van der Waals surface area contributed by atoms with Gasteiger partial charge in [-0.25, -0.2) is 4.39 Å². The van der Waals surface area contributed by atoms with E-state index in [9.17, 15) is 9.50 Å². The second-order valence-electron chi connectivity index (χ2n) is 6.18. The molecule has 1 aromatic rings. The van der Waals surface area contributed by atoms with Crippen molar-refractivity contribution in [3.8, 4) is 0 Å². The first kappa shape index (κ1) is 15.9. The lowest BCUT2D eigenvalue weighted by Gasteiger charge is -2.36. The van der Waals surface area contributed by atoms with Crippen LogP contribution in [0.2, 0.25) is 0 Å². The molecule has 2 N–H and O–H groups in total. The van der Waals surface area contributed by atoms with Crippen LogP contribution in [0.3, 0.4) is 0 Å². The standard InChI is InChI=1S/C16H23BrFNO/c1-11-5-7-16(20,8-6-11)10-19-12(2)13-3-4-15(18)14(17)9-13/h3-4,9,11-12,19-20H,5-8,10H2,1-2H3. The average Bonchev–Trinajstić information content (AvgIpc) is 2.43. The lowest BCUT2D eigenvalue weighted by atomic mass is 9.79. The zero-order valence-corrected chi connectivity index (χ0v) is 13.7. The molecule has 112 valence electrons. The third-order valence-corrected chi connectivity index (χ3v) is 4.99. The molecule has 1 aromatic carbocycles. The van der Waals surface area contributed by atoms with Crippen LogP contribution in [0.25, 0.3) is 0 Å². The summed E-state index contributed by atoms with van der Waals surface area (Å²) < 4.78 is 13.7. The topological polar surface area (TPSA) is 32.3 Å². The lowest BCUT2D eigenvalue weighted by Crippen LogP contribution is -2.44. The Kier molecular flexibility index (Phi) is 5.21. The Labute approximate surface area is 128 Å². The average molecular weight is 344 g/mol.